The van der Waals surface area contributed by atoms with E-state index in [9.17, 15) is 13.8 Å². The summed E-state index contributed by atoms with van der Waals surface area (Å²) >= 11 is 6.44. The second-order valence-corrected chi connectivity index (χ2v) is 10.3. The van der Waals surface area contributed by atoms with Crippen LogP contribution in [-0.4, -0.2) is 36.8 Å². The van der Waals surface area contributed by atoms with Gasteiger partial charge in [0.15, 0.2) is 5.83 Å². The van der Waals surface area contributed by atoms with Crippen LogP contribution in [0.4, 0.5) is 14.5 Å². The molecule has 0 aliphatic carbocycles. The molecule has 4 rings (SSSR count). The molecule has 0 spiro atoms. The summed E-state index contributed by atoms with van der Waals surface area (Å²) in [5.41, 5.74) is -0.618. The van der Waals surface area contributed by atoms with Gasteiger partial charge >= 0.3 is 0 Å². The highest BCUT2D eigenvalue weighted by atomic mass is 35.5. The maximum Gasteiger partial charge on any atom is 0.275 e. The first-order chi connectivity index (χ1) is 18.1. The first-order valence-electron chi connectivity index (χ1n) is 11.5. The van der Waals surface area contributed by atoms with Gasteiger partial charge in [0.2, 0.25) is 0 Å². The zero-order valence-corrected chi connectivity index (χ0v) is 22.5. The number of halogens is 3. The minimum atomic E-state index is -1.65. The third-order valence-corrected chi connectivity index (χ3v) is 7.40. The van der Waals surface area contributed by atoms with Gasteiger partial charge in [0.1, 0.15) is 22.2 Å². The molecule has 3 heterocycles. The predicted octanol–water partition coefficient (Wildman–Crippen LogP) is 4.51. The van der Waals surface area contributed by atoms with Gasteiger partial charge in [-0.1, -0.05) is 23.7 Å². The molecule has 12 heteroatoms. The lowest BCUT2D eigenvalue weighted by atomic mass is 10.1. The summed E-state index contributed by atoms with van der Waals surface area (Å²) < 4.78 is 43.6. The summed E-state index contributed by atoms with van der Waals surface area (Å²) in [6.45, 7) is 5.11. The molecule has 38 heavy (non-hydrogen) atoms. The third-order valence-electron chi connectivity index (χ3n) is 6.11. The second kappa shape index (κ2) is 11.0. The van der Waals surface area contributed by atoms with Crippen LogP contribution in [0.2, 0.25) is 5.02 Å². The standard InChI is InChI=1S/C26H24ClF2N5O3S/c1-5-9-30-22(16-7-6-8-19(21(16)29)38(4)37)17(28)13-33-14(2)12-18(20(27)26(33)36)34-15(3)24(34)23-25(35)32-11-10-31-23/h5-13,15,24H,1-4H3,(H,32,35)/b9-5+,17-13-,30-22+/t15-,24?,34?,38?/m1/s1. The van der Waals surface area contributed by atoms with Crippen molar-refractivity contribution in [2.75, 3.05) is 11.2 Å². The largest absolute Gasteiger partial charge is 0.354 e. The van der Waals surface area contributed by atoms with Crippen LogP contribution in [0, 0.1) is 12.7 Å². The number of H-pyrrole nitrogens is 1. The average Bonchev–Trinajstić information content (AvgIpc) is 3.54. The molecule has 1 aliphatic heterocycles. The Bertz CT molecular complexity index is 1650. The van der Waals surface area contributed by atoms with Gasteiger partial charge in [0.25, 0.3) is 11.1 Å². The van der Waals surface area contributed by atoms with Gasteiger partial charge in [-0.2, -0.15) is 0 Å². The minimum Gasteiger partial charge on any atom is -0.354 e. The van der Waals surface area contributed by atoms with E-state index in [1.807, 2.05) is 6.92 Å². The van der Waals surface area contributed by atoms with Gasteiger partial charge in [-0.15, -0.1) is 0 Å². The van der Waals surface area contributed by atoms with Crippen LogP contribution in [0.5, 0.6) is 0 Å². The highest BCUT2D eigenvalue weighted by Gasteiger charge is 2.48. The summed E-state index contributed by atoms with van der Waals surface area (Å²) in [6, 6.07) is 5.19. The summed E-state index contributed by atoms with van der Waals surface area (Å²) in [4.78, 5) is 37.9. The lowest BCUT2D eigenvalue weighted by molar-refractivity contribution is 0.591. The van der Waals surface area contributed by atoms with E-state index in [1.54, 1.807) is 24.8 Å². The summed E-state index contributed by atoms with van der Waals surface area (Å²) in [5, 5.41) is -0.178. The second-order valence-electron chi connectivity index (χ2n) is 8.57. The number of rotatable bonds is 7. The maximum atomic E-state index is 15.6. The Morgan fingerprint density at radius 1 is 1.32 bits per heavy atom. The number of hydrogen-bond acceptors (Lipinski definition) is 6. The maximum absolute atomic E-state index is 15.6. The molecule has 1 N–H and O–H groups in total. The Morgan fingerprint density at radius 3 is 2.71 bits per heavy atom. The predicted molar refractivity (Wildman–Crippen MR) is 145 cm³/mol. The molecule has 8 nitrogen and oxygen atoms in total. The van der Waals surface area contributed by atoms with Crippen LogP contribution >= 0.6 is 11.6 Å². The summed E-state index contributed by atoms with van der Waals surface area (Å²) in [7, 11) is -1.65. The molecule has 1 fully saturated rings. The fraction of sp³-hybridized carbons (Fsp3) is 0.231. The molecular formula is C26H24ClF2N5O3S. The summed E-state index contributed by atoms with van der Waals surface area (Å²) in [5.74, 6) is -1.88. The number of nitrogens with one attached hydrogen (secondary N) is 1. The van der Waals surface area contributed by atoms with Crippen molar-refractivity contribution in [3.63, 3.8) is 0 Å². The van der Waals surface area contributed by atoms with Crippen LogP contribution < -0.4 is 16.0 Å². The number of benzene rings is 1. The topological polar surface area (TPSA) is 100 Å². The number of aliphatic imine (C=N–C) groups is 1. The number of anilines is 1. The Kier molecular flexibility index (Phi) is 7.89. The number of allylic oxidation sites excluding steroid dienone is 2. The van der Waals surface area contributed by atoms with E-state index in [-0.39, 0.29) is 38.8 Å². The lowest BCUT2D eigenvalue weighted by Gasteiger charge is -2.14. The molecule has 0 radical (unpaired) electrons. The number of nitrogens with zero attached hydrogens (tertiary/aromatic N) is 4. The van der Waals surface area contributed by atoms with Crippen LogP contribution in [-0.2, 0) is 10.8 Å². The number of aromatic nitrogens is 3. The van der Waals surface area contributed by atoms with E-state index in [0.29, 0.717) is 17.1 Å². The lowest BCUT2D eigenvalue weighted by Crippen LogP contribution is -2.22. The molecule has 1 aromatic carbocycles. The van der Waals surface area contributed by atoms with Gasteiger partial charge in [-0.05, 0) is 39.0 Å². The number of aryl methyl sites for hydroxylation is 1. The van der Waals surface area contributed by atoms with Crippen molar-refractivity contribution >= 4 is 40.0 Å². The molecule has 0 saturated carbocycles. The zero-order chi connectivity index (χ0) is 27.7. The SMILES string of the molecule is C/C=C/N=C(/C(F)=C/n1c(C)cc(N2C(c3ncc[nH]c3=O)[C@H]2C)c(Cl)c1=O)c1cccc(S(C)=O)c1F. The van der Waals surface area contributed by atoms with E-state index < -0.39 is 28.0 Å². The molecule has 1 saturated heterocycles. The highest BCUT2D eigenvalue weighted by Crippen LogP contribution is 2.47. The Morgan fingerprint density at radius 2 is 2.05 bits per heavy atom. The Labute approximate surface area is 224 Å². The quantitative estimate of drug-likeness (QED) is 0.339. The van der Waals surface area contributed by atoms with E-state index in [2.05, 4.69) is 15.0 Å². The van der Waals surface area contributed by atoms with E-state index >= 15 is 8.78 Å². The fourth-order valence-electron chi connectivity index (χ4n) is 4.21. The van der Waals surface area contributed by atoms with E-state index in [0.717, 1.165) is 10.8 Å². The van der Waals surface area contributed by atoms with Crippen LogP contribution in [0.3, 0.4) is 0 Å². The smallest absolute Gasteiger partial charge is 0.275 e. The van der Waals surface area contributed by atoms with Crippen molar-refractivity contribution in [3.05, 3.63) is 103 Å². The van der Waals surface area contributed by atoms with Gasteiger partial charge < -0.3 is 9.88 Å². The average molecular weight is 560 g/mol. The first kappa shape index (κ1) is 27.3. The van der Waals surface area contributed by atoms with Crippen molar-refractivity contribution in [1.82, 2.24) is 14.5 Å². The molecule has 1 aliphatic rings. The van der Waals surface area contributed by atoms with Gasteiger partial charge in [0.05, 0.1) is 39.7 Å². The van der Waals surface area contributed by atoms with Crippen LogP contribution in [0.15, 0.2) is 74.2 Å². The van der Waals surface area contributed by atoms with Crippen molar-refractivity contribution in [2.24, 2.45) is 4.99 Å². The zero-order valence-electron chi connectivity index (χ0n) is 20.9. The van der Waals surface area contributed by atoms with Crippen molar-refractivity contribution in [1.29, 1.82) is 0 Å². The monoisotopic (exact) mass is 559 g/mol. The normalized spacial score (nSPS) is 18.8. The number of pyridine rings is 1. The van der Waals surface area contributed by atoms with E-state index in [1.165, 1.54) is 49.1 Å². The Balaban J connectivity index is 1.77. The van der Waals surface area contributed by atoms with Crippen molar-refractivity contribution < 1.29 is 13.0 Å². The van der Waals surface area contributed by atoms with Crippen LogP contribution in [0.1, 0.15) is 36.8 Å². The number of hydrogen-bond donors (Lipinski definition) is 1. The fourth-order valence-corrected chi connectivity index (χ4v) is 5.08. The van der Waals surface area contributed by atoms with Gasteiger partial charge in [-0.25, -0.2) is 8.78 Å². The van der Waals surface area contributed by atoms with Crippen molar-refractivity contribution in [3.8, 4) is 0 Å². The molecule has 0 bridgehead atoms. The first-order valence-corrected chi connectivity index (χ1v) is 13.4. The van der Waals surface area contributed by atoms with E-state index in [4.69, 9.17) is 11.6 Å². The van der Waals surface area contributed by atoms with Crippen LogP contribution in [0.25, 0.3) is 6.20 Å². The third kappa shape index (κ3) is 5.03. The van der Waals surface area contributed by atoms with Gasteiger partial charge in [0, 0.05) is 36.1 Å². The van der Waals surface area contributed by atoms with Crippen molar-refractivity contribution in [2.45, 2.75) is 37.8 Å². The molecule has 2 aromatic heterocycles. The molecule has 3 atom stereocenters. The van der Waals surface area contributed by atoms with Gasteiger partial charge in [-0.3, -0.25) is 28.3 Å². The molecular weight excluding hydrogens is 536 g/mol. The highest BCUT2D eigenvalue weighted by molar-refractivity contribution is 7.84. The molecule has 198 valence electrons. The Hall–Kier alpha value is -3.70. The molecule has 0 amide bonds. The summed E-state index contributed by atoms with van der Waals surface area (Å²) in [6.07, 6.45) is 7.92. The minimum absolute atomic E-state index is 0.0990. The number of aromatic amines is 1. The molecule has 2 unspecified atom stereocenters. The molecule has 3 aromatic rings.